The average Bonchev–Trinajstić information content (AvgIpc) is 3.70. The number of likely N-dealkylation sites (N-methyl/N-ethyl adjacent to an activating group) is 1. The summed E-state index contributed by atoms with van der Waals surface area (Å²) in [5.74, 6) is -6.48. The van der Waals surface area contributed by atoms with E-state index in [2.05, 4.69) is 0 Å². The van der Waals surface area contributed by atoms with Crippen molar-refractivity contribution in [1.82, 2.24) is 4.90 Å². The Morgan fingerprint density at radius 1 is 0.894 bits per heavy atom. The summed E-state index contributed by atoms with van der Waals surface area (Å²) in [7, 11) is 5.27. The van der Waals surface area contributed by atoms with Gasteiger partial charge in [-0.15, -0.1) is 0 Å². The van der Waals surface area contributed by atoms with E-state index < -0.39 is 126 Å². The topological polar surface area (TPSA) is 203 Å². The van der Waals surface area contributed by atoms with E-state index in [0.29, 0.717) is 6.42 Å². The van der Waals surface area contributed by atoms with Crippen LogP contribution in [0.25, 0.3) is 0 Å². The molecule has 1 aromatic carbocycles. The molecule has 372 valence electrons. The van der Waals surface area contributed by atoms with Crippen LogP contribution in [0.3, 0.4) is 0 Å². The lowest BCUT2D eigenvalue weighted by atomic mass is 9.75. The van der Waals surface area contributed by atoms with Gasteiger partial charge in [0, 0.05) is 32.3 Å². The highest BCUT2D eigenvalue weighted by Crippen LogP contribution is 2.54. The van der Waals surface area contributed by atoms with E-state index >= 15 is 0 Å². The number of hydrogen-bond acceptors (Lipinski definition) is 18. The van der Waals surface area contributed by atoms with Gasteiger partial charge in [-0.3, -0.25) is 9.59 Å². The molecule has 5 aliphatic rings. The zero-order valence-electron chi connectivity index (χ0n) is 41.0. The third-order valence-electron chi connectivity index (χ3n) is 14.7. The molecule has 0 unspecified atom stereocenters. The van der Waals surface area contributed by atoms with Gasteiger partial charge >= 0.3 is 24.2 Å². The Morgan fingerprint density at radius 2 is 1.58 bits per heavy atom. The Kier molecular flexibility index (Phi) is 15.8. The first kappa shape index (κ1) is 51.8. The van der Waals surface area contributed by atoms with Gasteiger partial charge in [0.05, 0.1) is 47.9 Å². The number of aliphatic hydroxyl groups is 1. The maximum atomic E-state index is 14.7. The van der Waals surface area contributed by atoms with Crippen LogP contribution in [0.1, 0.15) is 107 Å². The molecule has 0 aliphatic carbocycles. The lowest BCUT2D eigenvalue weighted by Gasteiger charge is -2.49. The third-order valence-corrected chi connectivity index (χ3v) is 14.7. The van der Waals surface area contributed by atoms with Crippen molar-refractivity contribution in [2.45, 2.75) is 198 Å². The van der Waals surface area contributed by atoms with E-state index in [-0.39, 0.29) is 38.0 Å². The number of benzene rings is 1. The molecular formula is C48H73NO17. The van der Waals surface area contributed by atoms with E-state index in [1.807, 2.05) is 77.0 Å². The van der Waals surface area contributed by atoms with E-state index in [0.717, 1.165) is 5.56 Å². The van der Waals surface area contributed by atoms with Crippen LogP contribution in [-0.2, 0) is 73.0 Å². The van der Waals surface area contributed by atoms with Gasteiger partial charge in [-0.2, -0.15) is 0 Å². The molecule has 5 aliphatic heterocycles. The molecule has 0 aromatic heterocycles. The molecule has 5 saturated heterocycles. The smallest absolute Gasteiger partial charge is 0.458 e. The molecule has 66 heavy (non-hydrogen) atoms. The zero-order valence-corrected chi connectivity index (χ0v) is 41.0. The quantitative estimate of drug-likeness (QED) is 0.198. The largest absolute Gasteiger partial charge is 0.509 e. The molecule has 0 spiro atoms. The molecule has 18 nitrogen and oxygen atoms in total. The summed E-state index contributed by atoms with van der Waals surface area (Å²) in [5, 5.41) is 12.8. The summed E-state index contributed by atoms with van der Waals surface area (Å²) in [6.07, 6.45) is -10.3. The molecule has 1 N–H and O–H groups in total. The SMILES string of the molecule is CC[C@@H]1OC(=O)[C@H](C)[C@H](O[C@H]2C[C@](C)(OC)[C@H](OC(=O)OCc3ccccc3)[C@@H](C)O2)[C@H](C)[C@@H](O[C@@H]2O[C@H](C)C[C@H](N(C)C)[C@H]2OC(C)=O)[C@]2(C)C[C@@H](C)[C@](O)(O2)[C@H](C)[C@H]2OC(=O)O[C@]12C. The average molecular weight is 936 g/mol. The van der Waals surface area contributed by atoms with Gasteiger partial charge in [0.15, 0.2) is 42.3 Å². The first-order valence-corrected chi connectivity index (χ1v) is 23.3. The maximum absolute atomic E-state index is 14.7. The molecule has 1 aromatic rings. The summed E-state index contributed by atoms with van der Waals surface area (Å²) in [6.45, 7) is 19.1. The van der Waals surface area contributed by atoms with Crippen LogP contribution in [0.2, 0.25) is 0 Å². The number of cyclic esters (lactones) is 1. The number of carbonyl (C=O) groups excluding carboxylic acids is 4. The predicted molar refractivity (Wildman–Crippen MR) is 233 cm³/mol. The lowest BCUT2D eigenvalue weighted by Crippen LogP contribution is -2.61. The first-order valence-electron chi connectivity index (χ1n) is 23.3. The van der Waals surface area contributed by atoms with Crippen molar-refractivity contribution < 1.29 is 81.1 Å². The second-order valence-electron chi connectivity index (χ2n) is 20.0. The summed E-state index contributed by atoms with van der Waals surface area (Å²) >= 11 is 0. The van der Waals surface area contributed by atoms with Crippen LogP contribution < -0.4 is 0 Å². The van der Waals surface area contributed by atoms with Gasteiger partial charge in [-0.1, -0.05) is 58.0 Å². The number of fused-ring (bicyclic) bond motifs is 3. The molecule has 0 amide bonds. The molecule has 0 saturated carbocycles. The highest BCUT2D eigenvalue weighted by Gasteiger charge is 2.67. The normalized spacial score (nSPS) is 44.1. The number of carbonyl (C=O) groups is 4. The lowest BCUT2D eigenvalue weighted by molar-refractivity contribution is -0.338. The second-order valence-corrected chi connectivity index (χ2v) is 20.0. The van der Waals surface area contributed by atoms with Crippen LogP contribution in [-0.4, -0.2) is 146 Å². The highest BCUT2D eigenvalue weighted by molar-refractivity contribution is 5.73. The standard InChI is InChI=1S/C48H73NO17/c1-15-34-47(11)39(63-44(53)65-47)29(6)48(54)25(2)22-46(10,66-48)38(62-42-37(59-31(8)50)33(49(12)13)21-26(3)57-42)27(4)36(28(5)41(51)60-34)61-35-23-45(9,55-14)40(30(7)58-35)64-43(52)56-24-32-19-17-16-18-20-32/h16-20,25-30,33-40,42,54H,15,21-24H2,1-14H3/t25-,26-,27+,28-,29-,30-,33+,34+,35+,36-,37-,38-,39-,40-,42+,45+,46+,47-,48+/m1/s1. The number of ether oxygens (including phenoxy) is 12. The van der Waals surface area contributed by atoms with Crippen molar-refractivity contribution in [3.8, 4) is 0 Å². The Hall–Kier alpha value is -3.62. The molecule has 2 bridgehead atoms. The van der Waals surface area contributed by atoms with Crippen molar-refractivity contribution in [2.75, 3.05) is 21.2 Å². The Balaban J connectivity index is 1.40. The molecule has 6 rings (SSSR count). The van der Waals surface area contributed by atoms with E-state index in [9.17, 15) is 24.3 Å². The van der Waals surface area contributed by atoms with Gasteiger partial charge in [0.1, 0.15) is 18.3 Å². The van der Waals surface area contributed by atoms with Crippen molar-refractivity contribution in [2.24, 2.45) is 23.7 Å². The number of hydrogen-bond donors (Lipinski definition) is 1. The summed E-state index contributed by atoms with van der Waals surface area (Å²) < 4.78 is 75.3. The minimum absolute atomic E-state index is 0.00195. The molecule has 0 radical (unpaired) electrons. The Bertz CT molecular complexity index is 1870. The van der Waals surface area contributed by atoms with Crippen molar-refractivity contribution in [3.05, 3.63) is 35.9 Å². The second kappa shape index (κ2) is 20.2. The first-order chi connectivity index (χ1) is 30.9. The van der Waals surface area contributed by atoms with Crippen LogP contribution in [0.15, 0.2) is 30.3 Å². The van der Waals surface area contributed by atoms with E-state index in [1.54, 1.807) is 41.5 Å². The number of nitrogens with zero attached hydrogens (tertiary/aromatic N) is 1. The number of methoxy groups -OCH3 is 1. The summed E-state index contributed by atoms with van der Waals surface area (Å²) in [5.41, 5.74) is -3.27. The minimum Gasteiger partial charge on any atom is -0.458 e. The minimum atomic E-state index is -1.93. The summed E-state index contributed by atoms with van der Waals surface area (Å²) in [4.78, 5) is 55.5. The van der Waals surface area contributed by atoms with Gasteiger partial charge < -0.3 is 66.8 Å². The van der Waals surface area contributed by atoms with Crippen LogP contribution in [0.5, 0.6) is 0 Å². The van der Waals surface area contributed by atoms with Crippen molar-refractivity contribution in [3.63, 3.8) is 0 Å². The zero-order chi connectivity index (χ0) is 48.7. The molecule has 5 fully saturated rings. The van der Waals surface area contributed by atoms with E-state index in [4.69, 9.17) is 56.8 Å². The van der Waals surface area contributed by atoms with Crippen molar-refractivity contribution >= 4 is 24.2 Å². The Morgan fingerprint density at radius 3 is 2.20 bits per heavy atom. The Labute approximate surface area is 388 Å². The van der Waals surface area contributed by atoms with Crippen molar-refractivity contribution in [1.29, 1.82) is 0 Å². The third kappa shape index (κ3) is 10.4. The molecular weight excluding hydrogens is 863 g/mol. The van der Waals surface area contributed by atoms with Gasteiger partial charge in [-0.05, 0) is 80.5 Å². The fourth-order valence-electron chi connectivity index (χ4n) is 11.1. The molecule has 18 heteroatoms. The van der Waals surface area contributed by atoms with Gasteiger partial charge in [-0.25, -0.2) is 9.59 Å². The highest BCUT2D eigenvalue weighted by atomic mass is 16.8. The fraction of sp³-hybridized carbons (Fsp3) is 0.792. The fourth-order valence-corrected chi connectivity index (χ4v) is 11.1. The van der Waals surface area contributed by atoms with Crippen LogP contribution >= 0.6 is 0 Å². The van der Waals surface area contributed by atoms with Gasteiger partial charge in [0.2, 0.25) is 0 Å². The van der Waals surface area contributed by atoms with Crippen LogP contribution in [0, 0.1) is 23.7 Å². The molecule has 19 atom stereocenters. The van der Waals surface area contributed by atoms with E-state index in [1.165, 1.54) is 14.0 Å². The predicted octanol–water partition coefficient (Wildman–Crippen LogP) is 6.06. The molecule has 5 heterocycles. The number of esters is 2. The van der Waals surface area contributed by atoms with Gasteiger partial charge in [0.25, 0.3) is 0 Å². The monoisotopic (exact) mass is 935 g/mol. The maximum Gasteiger partial charge on any atom is 0.509 e. The summed E-state index contributed by atoms with van der Waals surface area (Å²) in [6, 6.07) is 8.90. The van der Waals surface area contributed by atoms with Crippen LogP contribution in [0.4, 0.5) is 9.59 Å². The number of rotatable bonds is 11.